The molecule has 1 aromatic heterocycles. The largest absolute Gasteiger partial charge is 0.468 e. The Bertz CT molecular complexity index is 1110. The molecule has 162 valence electrons. The van der Waals surface area contributed by atoms with Crippen molar-refractivity contribution in [2.24, 2.45) is 0 Å². The minimum atomic E-state index is -5.08. The number of methoxy groups -OCH3 is 1. The lowest BCUT2D eigenvalue weighted by molar-refractivity contribution is -0.139. The summed E-state index contributed by atoms with van der Waals surface area (Å²) in [6.45, 7) is -0.597. The number of aromatic nitrogens is 2. The first-order valence-electron chi connectivity index (χ1n) is 7.85. The maximum absolute atomic E-state index is 12.9. The Morgan fingerprint density at radius 1 is 1.37 bits per heavy atom. The van der Waals surface area contributed by atoms with Crippen LogP contribution >= 0.6 is 11.6 Å². The molecular formula is C16H14ClF3N4O5S. The minimum absolute atomic E-state index is 0.0452. The molecule has 2 N–H and O–H groups in total. The molecule has 0 fully saturated rings. The fraction of sp³-hybridized carbons (Fsp3) is 0.250. The van der Waals surface area contributed by atoms with Gasteiger partial charge >= 0.3 is 12.1 Å². The van der Waals surface area contributed by atoms with Gasteiger partial charge in [-0.2, -0.15) is 18.2 Å². The van der Waals surface area contributed by atoms with E-state index in [-0.39, 0.29) is 16.3 Å². The van der Waals surface area contributed by atoms with Crippen LogP contribution < -0.4 is 5.32 Å². The van der Waals surface area contributed by atoms with Crippen LogP contribution in [0.2, 0.25) is 0 Å². The Hall–Kier alpha value is -2.93. The monoisotopic (exact) mass is 466 g/mol. The van der Waals surface area contributed by atoms with Crippen molar-refractivity contribution in [3.63, 3.8) is 0 Å². The molecule has 0 unspecified atom stereocenters. The predicted molar refractivity (Wildman–Crippen MR) is 99.4 cm³/mol. The normalized spacial score (nSPS) is 12.9. The van der Waals surface area contributed by atoms with Gasteiger partial charge in [0.15, 0.2) is 15.5 Å². The Labute approximate surface area is 173 Å². The first-order valence-corrected chi connectivity index (χ1v) is 10.1. The highest BCUT2D eigenvalue weighted by Crippen LogP contribution is 2.29. The second-order valence-corrected chi connectivity index (χ2v) is 8.11. The number of alkyl halides is 3. The second-order valence-electron chi connectivity index (χ2n) is 5.71. The van der Waals surface area contributed by atoms with Crippen LogP contribution in [0.4, 0.5) is 13.2 Å². The Morgan fingerprint density at radius 3 is 2.60 bits per heavy atom. The molecule has 0 aliphatic carbocycles. The number of esters is 1. The van der Waals surface area contributed by atoms with Gasteiger partial charge in [0.05, 0.1) is 17.0 Å². The number of rotatable bonds is 7. The van der Waals surface area contributed by atoms with Crippen molar-refractivity contribution in [2.45, 2.75) is 11.1 Å². The molecule has 0 saturated carbocycles. The lowest BCUT2D eigenvalue weighted by atomic mass is 10.2. The number of carbonyl (C=O) groups is 1. The maximum atomic E-state index is 12.9. The summed E-state index contributed by atoms with van der Waals surface area (Å²) in [6, 6.07) is 5.42. The van der Waals surface area contributed by atoms with Gasteiger partial charge in [-0.05, 0) is 18.2 Å². The van der Waals surface area contributed by atoms with Gasteiger partial charge in [-0.15, -0.1) is 0 Å². The van der Waals surface area contributed by atoms with E-state index in [1.54, 1.807) is 0 Å². The van der Waals surface area contributed by atoms with E-state index in [2.05, 4.69) is 20.2 Å². The van der Waals surface area contributed by atoms with Gasteiger partial charge in [0, 0.05) is 11.8 Å². The van der Waals surface area contributed by atoms with Gasteiger partial charge in [0.1, 0.15) is 12.2 Å². The van der Waals surface area contributed by atoms with Gasteiger partial charge in [0.25, 0.3) is 5.89 Å². The number of sulfone groups is 1. The Morgan fingerprint density at radius 2 is 2.03 bits per heavy atom. The maximum Gasteiger partial charge on any atom is 0.434 e. The van der Waals surface area contributed by atoms with Crippen molar-refractivity contribution in [1.29, 1.82) is 5.41 Å². The molecule has 14 heteroatoms. The van der Waals surface area contributed by atoms with Crippen LogP contribution in [0.5, 0.6) is 0 Å². The van der Waals surface area contributed by atoms with Crippen molar-refractivity contribution in [2.75, 3.05) is 19.9 Å². The van der Waals surface area contributed by atoms with Crippen LogP contribution in [0.15, 0.2) is 38.7 Å². The summed E-state index contributed by atoms with van der Waals surface area (Å²) >= 11 is 5.70. The molecular weight excluding hydrogens is 453 g/mol. The smallest absolute Gasteiger partial charge is 0.434 e. The van der Waals surface area contributed by atoms with E-state index in [4.69, 9.17) is 21.5 Å². The van der Waals surface area contributed by atoms with E-state index in [1.807, 2.05) is 0 Å². The number of benzene rings is 1. The number of nitrogens with zero attached hydrogens (tertiary/aromatic N) is 2. The molecule has 0 saturated heterocycles. The SMILES string of the molecule is COC(=O)CN/C(=C(/Cl)C(=N)C(F)(F)F)c1noc(-c2cccc(S(C)(=O)=O)c2)n1. The minimum Gasteiger partial charge on any atom is -0.468 e. The number of hydrogen-bond acceptors (Lipinski definition) is 9. The summed E-state index contributed by atoms with van der Waals surface area (Å²) in [7, 11) is -2.48. The molecule has 0 aliphatic rings. The highest BCUT2D eigenvalue weighted by atomic mass is 35.5. The molecule has 0 amide bonds. The molecule has 0 spiro atoms. The van der Waals surface area contributed by atoms with Gasteiger partial charge < -0.3 is 14.6 Å². The second kappa shape index (κ2) is 8.83. The molecule has 1 heterocycles. The fourth-order valence-electron chi connectivity index (χ4n) is 2.04. The summed E-state index contributed by atoms with van der Waals surface area (Å²) in [4.78, 5) is 15.2. The Balaban J connectivity index is 2.50. The standard InChI is InChI=1S/C16H14ClF3N4O5S/c1-28-10(25)7-22-12(11(17)13(21)16(18,19)20)14-23-15(29-24-14)8-4-3-5-9(6-8)30(2,26)27/h3-6,21-22H,7H2,1-2H3/b12-11+,21-13?. The summed E-state index contributed by atoms with van der Waals surface area (Å²) < 4.78 is 71.4. The third kappa shape index (κ3) is 5.57. The lowest BCUT2D eigenvalue weighted by Crippen LogP contribution is -2.28. The quantitative estimate of drug-likeness (QED) is 0.469. The summed E-state index contributed by atoms with van der Waals surface area (Å²) in [6.07, 6.45) is -4.09. The van der Waals surface area contributed by atoms with Gasteiger partial charge in [-0.3, -0.25) is 10.2 Å². The number of halogens is 4. The van der Waals surface area contributed by atoms with E-state index >= 15 is 0 Å². The zero-order valence-corrected chi connectivity index (χ0v) is 16.9. The predicted octanol–water partition coefficient (Wildman–Crippen LogP) is 2.39. The molecule has 0 atom stereocenters. The topological polar surface area (TPSA) is 135 Å². The zero-order chi connectivity index (χ0) is 22.7. The number of nitrogens with one attached hydrogen (secondary N) is 2. The number of carbonyl (C=O) groups excluding carboxylic acids is 1. The molecule has 2 rings (SSSR count). The van der Waals surface area contributed by atoms with E-state index in [1.165, 1.54) is 24.3 Å². The third-order valence-corrected chi connectivity index (χ3v) is 5.01. The molecule has 30 heavy (non-hydrogen) atoms. The highest BCUT2D eigenvalue weighted by Gasteiger charge is 2.38. The fourth-order valence-corrected chi connectivity index (χ4v) is 2.96. The van der Waals surface area contributed by atoms with E-state index in [0.717, 1.165) is 13.4 Å². The van der Waals surface area contributed by atoms with E-state index in [9.17, 15) is 26.4 Å². The van der Waals surface area contributed by atoms with Crippen molar-refractivity contribution < 1.29 is 35.6 Å². The van der Waals surface area contributed by atoms with Crippen LogP contribution in [-0.4, -0.2) is 56.3 Å². The van der Waals surface area contributed by atoms with Gasteiger partial charge in [-0.25, -0.2) is 8.42 Å². The third-order valence-electron chi connectivity index (χ3n) is 3.52. The zero-order valence-electron chi connectivity index (χ0n) is 15.4. The van der Waals surface area contributed by atoms with Crippen molar-refractivity contribution >= 4 is 38.8 Å². The molecule has 1 aromatic carbocycles. The first kappa shape index (κ1) is 23.3. The van der Waals surface area contributed by atoms with Crippen LogP contribution in [-0.2, 0) is 19.4 Å². The van der Waals surface area contributed by atoms with Gasteiger partial charge in [-0.1, -0.05) is 22.8 Å². The summed E-state index contributed by atoms with van der Waals surface area (Å²) in [5.74, 6) is -1.55. The van der Waals surface area contributed by atoms with Crippen LogP contribution in [0.1, 0.15) is 5.82 Å². The molecule has 9 nitrogen and oxygen atoms in total. The van der Waals surface area contributed by atoms with E-state index < -0.39 is 50.8 Å². The number of allylic oxidation sites excluding steroid dienone is 1. The van der Waals surface area contributed by atoms with Crippen LogP contribution in [0.25, 0.3) is 17.2 Å². The molecule has 0 aliphatic heterocycles. The van der Waals surface area contributed by atoms with Crippen molar-refractivity contribution in [1.82, 2.24) is 15.5 Å². The van der Waals surface area contributed by atoms with E-state index in [0.29, 0.717) is 0 Å². The van der Waals surface area contributed by atoms with Gasteiger partial charge in [0.2, 0.25) is 5.82 Å². The average Bonchev–Trinajstić information content (AvgIpc) is 3.15. The van der Waals surface area contributed by atoms with Crippen molar-refractivity contribution in [3.05, 3.63) is 35.1 Å². The summed E-state index contributed by atoms with van der Waals surface area (Å²) in [5.41, 5.74) is -2.33. The average molecular weight is 467 g/mol. The number of ether oxygens (including phenoxy) is 1. The number of hydrogen-bond donors (Lipinski definition) is 2. The lowest BCUT2D eigenvalue weighted by Gasteiger charge is -2.12. The van der Waals surface area contributed by atoms with Crippen molar-refractivity contribution in [3.8, 4) is 11.5 Å². The van der Waals surface area contributed by atoms with Crippen LogP contribution in [0, 0.1) is 5.41 Å². The van der Waals surface area contributed by atoms with Crippen LogP contribution in [0.3, 0.4) is 0 Å². The molecule has 2 aromatic rings. The highest BCUT2D eigenvalue weighted by molar-refractivity contribution is 7.90. The first-order chi connectivity index (χ1) is 13.8. The summed E-state index contributed by atoms with van der Waals surface area (Å²) in [5, 5.41) is 11.9. The Kier molecular flexibility index (Phi) is 6.87. The molecule has 0 bridgehead atoms. The molecule has 0 radical (unpaired) electrons.